The molecule has 0 amide bonds. The van der Waals surface area contributed by atoms with Crippen LogP contribution in [0.2, 0.25) is 0 Å². The van der Waals surface area contributed by atoms with Crippen LogP contribution < -0.4 is 4.74 Å². The summed E-state index contributed by atoms with van der Waals surface area (Å²) in [7, 11) is 0. The highest BCUT2D eigenvalue weighted by Crippen LogP contribution is 2.29. The number of halogens is 1. The fraction of sp³-hybridized carbons (Fsp3) is 0. The van der Waals surface area contributed by atoms with Crippen LogP contribution in [0, 0.1) is 20.2 Å². The summed E-state index contributed by atoms with van der Waals surface area (Å²) in [4.78, 5) is 49.6. The summed E-state index contributed by atoms with van der Waals surface area (Å²) < 4.78 is 11.3. The second kappa shape index (κ2) is 9.65. The average molecular weight is 538 g/mol. The van der Waals surface area contributed by atoms with E-state index in [0.717, 1.165) is 0 Å². The minimum absolute atomic E-state index is 0.0319. The Kier molecular flexibility index (Phi) is 6.46. The molecule has 3 aromatic rings. The first-order chi connectivity index (χ1) is 16.7. The van der Waals surface area contributed by atoms with Crippen LogP contribution in [0.15, 0.2) is 81.9 Å². The maximum atomic E-state index is 12.6. The number of carbonyl (C=O) groups excluding carboxylic acids is 2. The molecule has 1 heterocycles. The van der Waals surface area contributed by atoms with E-state index in [2.05, 4.69) is 20.9 Å². The molecule has 0 unspecified atom stereocenters. The van der Waals surface area contributed by atoms with Gasteiger partial charge in [0.2, 0.25) is 5.90 Å². The van der Waals surface area contributed by atoms with E-state index in [9.17, 15) is 29.8 Å². The number of cyclic esters (lactones) is 1. The van der Waals surface area contributed by atoms with Crippen molar-refractivity contribution in [3.8, 4) is 5.75 Å². The molecule has 0 spiro atoms. The van der Waals surface area contributed by atoms with Crippen molar-refractivity contribution in [1.82, 2.24) is 0 Å². The van der Waals surface area contributed by atoms with Crippen molar-refractivity contribution >= 4 is 51.2 Å². The van der Waals surface area contributed by atoms with Gasteiger partial charge in [0.05, 0.1) is 15.4 Å². The van der Waals surface area contributed by atoms with Crippen molar-refractivity contribution in [3.63, 3.8) is 0 Å². The van der Waals surface area contributed by atoms with Crippen LogP contribution in [-0.4, -0.2) is 27.7 Å². The van der Waals surface area contributed by atoms with E-state index >= 15 is 0 Å². The molecule has 1 aliphatic rings. The predicted octanol–water partition coefficient (Wildman–Crippen LogP) is 4.83. The molecule has 1 aliphatic heterocycles. The average Bonchev–Trinajstić information content (AvgIpc) is 3.20. The van der Waals surface area contributed by atoms with Crippen molar-refractivity contribution in [3.05, 3.63) is 114 Å². The Hall–Kier alpha value is -4.71. The fourth-order valence-corrected chi connectivity index (χ4v) is 3.39. The number of nitro benzene ring substituents is 2. The molecule has 0 aromatic heterocycles. The summed E-state index contributed by atoms with van der Waals surface area (Å²) in [5, 5.41) is 21.6. The number of nitro groups is 2. The summed E-state index contributed by atoms with van der Waals surface area (Å²) >= 11 is 3.32. The first-order valence-electron chi connectivity index (χ1n) is 9.75. The molecule has 0 fully saturated rings. The number of non-ortho nitro benzene ring substituents is 2. The summed E-state index contributed by atoms with van der Waals surface area (Å²) in [6, 6.07) is 15.0. The minimum atomic E-state index is -0.758. The largest absolute Gasteiger partial charge is 0.422 e. The summed E-state index contributed by atoms with van der Waals surface area (Å²) in [5.41, 5.74) is 0.418. The molecular weight excluding hydrogens is 526 g/mol. The number of esters is 2. The van der Waals surface area contributed by atoms with Gasteiger partial charge in [-0.05, 0) is 48.5 Å². The lowest BCUT2D eigenvalue weighted by atomic mass is 10.1. The molecule has 4 rings (SSSR count). The molecule has 0 N–H and O–H groups in total. The summed E-state index contributed by atoms with van der Waals surface area (Å²) in [6.07, 6.45) is 1.37. The van der Waals surface area contributed by atoms with Crippen LogP contribution in [0.5, 0.6) is 5.75 Å². The maximum absolute atomic E-state index is 12.6. The lowest BCUT2D eigenvalue weighted by Crippen LogP contribution is -2.09. The highest BCUT2D eigenvalue weighted by atomic mass is 79.9. The van der Waals surface area contributed by atoms with Gasteiger partial charge in [0.15, 0.2) is 5.70 Å². The number of hydrogen-bond acceptors (Lipinski definition) is 9. The van der Waals surface area contributed by atoms with E-state index < -0.39 is 21.8 Å². The van der Waals surface area contributed by atoms with Crippen LogP contribution in [0.1, 0.15) is 21.5 Å². The minimum Gasteiger partial charge on any atom is -0.422 e. The predicted molar refractivity (Wildman–Crippen MR) is 126 cm³/mol. The van der Waals surface area contributed by atoms with Crippen LogP contribution >= 0.6 is 15.9 Å². The normalized spacial score (nSPS) is 13.8. The van der Waals surface area contributed by atoms with E-state index in [-0.39, 0.29) is 34.3 Å². The smallest absolute Gasteiger partial charge is 0.363 e. The first-order valence-corrected chi connectivity index (χ1v) is 10.5. The molecule has 0 saturated heterocycles. The summed E-state index contributed by atoms with van der Waals surface area (Å²) in [6.45, 7) is 0. The van der Waals surface area contributed by atoms with Crippen LogP contribution in [-0.2, 0) is 9.53 Å². The molecule has 174 valence electrons. The number of nitrogens with zero attached hydrogens (tertiary/aromatic N) is 3. The van der Waals surface area contributed by atoms with Gasteiger partial charge in [-0.1, -0.05) is 15.9 Å². The third-order valence-corrected chi connectivity index (χ3v) is 5.22. The van der Waals surface area contributed by atoms with Gasteiger partial charge < -0.3 is 9.47 Å². The van der Waals surface area contributed by atoms with Gasteiger partial charge in [0, 0.05) is 39.9 Å². The van der Waals surface area contributed by atoms with Gasteiger partial charge in [0.1, 0.15) is 5.75 Å². The zero-order chi connectivity index (χ0) is 25.1. The number of aliphatic imine (C=N–C) groups is 1. The van der Waals surface area contributed by atoms with E-state index in [4.69, 9.17) is 9.47 Å². The second-order valence-corrected chi connectivity index (χ2v) is 7.93. The molecule has 0 bridgehead atoms. The first kappa shape index (κ1) is 23.4. The lowest BCUT2D eigenvalue weighted by Gasteiger charge is -2.08. The molecule has 3 aromatic carbocycles. The fourth-order valence-electron chi connectivity index (χ4n) is 3.01. The van der Waals surface area contributed by atoms with Crippen molar-refractivity contribution in [1.29, 1.82) is 0 Å². The number of rotatable bonds is 6. The zero-order valence-electron chi connectivity index (χ0n) is 17.4. The highest BCUT2D eigenvalue weighted by molar-refractivity contribution is 9.10. The van der Waals surface area contributed by atoms with Crippen LogP contribution in [0.4, 0.5) is 11.4 Å². The Morgan fingerprint density at radius 2 is 1.54 bits per heavy atom. The third kappa shape index (κ3) is 5.28. The van der Waals surface area contributed by atoms with Crippen LogP contribution in [0.3, 0.4) is 0 Å². The Morgan fingerprint density at radius 1 is 0.943 bits per heavy atom. The van der Waals surface area contributed by atoms with Crippen molar-refractivity contribution < 1.29 is 28.9 Å². The topological polar surface area (TPSA) is 151 Å². The molecule has 11 nitrogen and oxygen atoms in total. The van der Waals surface area contributed by atoms with Gasteiger partial charge in [-0.15, -0.1) is 0 Å². The summed E-state index contributed by atoms with van der Waals surface area (Å²) in [5.74, 6) is -1.44. The number of carbonyl (C=O) groups is 2. The van der Waals surface area contributed by atoms with E-state index in [1.165, 1.54) is 60.7 Å². The molecule has 0 saturated carbocycles. The molecule has 0 atom stereocenters. The Balaban J connectivity index is 1.61. The molecule has 35 heavy (non-hydrogen) atoms. The Bertz CT molecular complexity index is 1430. The number of benzene rings is 3. The monoisotopic (exact) mass is 537 g/mol. The molecule has 12 heteroatoms. The van der Waals surface area contributed by atoms with Gasteiger partial charge in [-0.2, -0.15) is 0 Å². The number of hydrogen-bond donors (Lipinski definition) is 0. The zero-order valence-corrected chi connectivity index (χ0v) is 19.0. The second-order valence-electron chi connectivity index (χ2n) is 7.02. The Morgan fingerprint density at radius 3 is 2.14 bits per heavy atom. The standard InChI is InChI=1S/C23H12BrN3O8/c24-16-5-10-20(34-22(28)14-3-8-18(9-4-14)27(32)33)15(11-16)12-19-23(29)35-21(25-19)13-1-6-17(7-2-13)26(30)31/h1-12H/b19-12+. The van der Waals surface area contributed by atoms with E-state index in [1.54, 1.807) is 12.1 Å². The number of ether oxygens (including phenoxy) is 2. The van der Waals surface area contributed by atoms with E-state index in [0.29, 0.717) is 15.6 Å². The SMILES string of the molecule is O=C1OC(c2ccc([N+](=O)[O-])cc2)=N/C1=C/c1cc(Br)ccc1OC(=O)c1ccc([N+](=O)[O-])cc1. The molecule has 0 aliphatic carbocycles. The molecular formula is C23H12BrN3O8. The van der Waals surface area contributed by atoms with Crippen molar-refractivity contribution in [2.24, 2.45) is 4.99 Å². The van der Waals surface area contributed by atoms with E-state index in [1.807, 2.05) is 0 Å². The third-order valence-electron chi connectivity index (χ3n) is 4.73. The van der Waals surface area contributed by atoms with Crippen molar-refractivity contribution in [2.75, 3.05) is 0 Å². The quantitative estimate of drug-likeness (QED) is 0.142. The van der Waals surface area contributed by atoms with Gasteiger partial charge in [-0.25, -0.2) is 14.6 Å². The molecule has 0 radical (unpaired) electrons. The van der Waals surface area contributed by atoms with Crippen molar-refractivity contribution in [2.45, 2.75) is 0 Å². The van der Waals surface area contributed by atoms with Crippen LogP contribution in [0.25, 0.3) is 6.08 Å². The van der Waals surface area contributed by atoms with Gasteiger partial charge >= 0.3 is 11.9 Å². The maximum Gasteiger partial charge on any atom is 0.363 e. The Labute approximate surface area is 204 Å². The van der Waals surface area contributed by atoms with Gasteiger partial charge in [-0.3, -0.25) is 20.2 Å². The lowest BCUT2D eigenvalue weighted by molar-refractivity contribution is -0.385. The van der Waals surface area contributed by atoms with Gasteiger partial charge in [0.25, 0.3) is 11.4 Å². The highest BCUT2D eigenvalue weighted by Gasteiger charge is 2.25.